The van der Waals surface area contributed by atoms with Gasteiger partial charge in [-0.05, 0) is 12.1 Å². The third-order valence-electron chi connectivity index (χ3n) is 4.28. The van der Waals surface area contributed by atoms with Crippen molar-refractivity contribution < 1.29 is 0 Å². The van der Waals surface area contributed by atoms with Crippen LogP contribution in [0.4, 0.5) is 0 Å². The average Bonchev–Trinajstić information content (AvgIpc) is 2.37. The van der Waals surface area contributed by atoms with Gasteiger partial charge in [0.05, 0.1) is 0 Å². The van der Waals surface area contributed by atoms with Gasteiger partial charge in [0.1, 0.15) is 13.4 Å². The van der Waals surface area contributed by atoms with Crippen molar-refractivity contribution in [3.05, 3.63) is 0 Å². The van der Waals surface area contributed by atoms with Crippen molar-refractivity contribution in [1.82, 2.24) is 0 Å². The lowest BCUT2D eigenvalue weighted by atomic mass is 10.3. The van der Waals surface area contributed by atoms with Crippen molar-refractivity contribution in [3.8, 4) is 0 Å². The summed E-state index contributed by atoms with van der Waals surface area (Å²) < 4.78 is 0. The fourth-order valence-corrected chi connectivity index (χ4v) is 8.13. The van der Waals surface area contributed by atoms with Gasteiger partial charge in [-0.2, -0.15) is 0 Å². The summed E-state index contributed by atoms with van der Waals surface area (Å²) in [6.45, 7) is 7.43. The number of hydrogen-bond donors (Lipinski definition) is 0. The van der Waals surface area contributed by atoms with Crippen LogP contribution in [0.2, 0.25) is 36.3 Å². The van der Waals surface area contributed by atoms with Crippen LogP contribution in [-0.4, -0.2) is 13.4 Å². The van der Waals surface area contributed by atoms with E-state index in [1.54, 1.807) is 0 Å². The second-order valence-corrected chi connectivity index (χ2v) is 23.8. The summed E-state index contributed by atoms with van der Waals surface area (Å²) in [5.74, 6) is 0. The second kappa shape index (κ2) is 9.32. The molecule has 0 spiro atoms. The fourth-order valence-electron chi connectivity index (χ4n) is 2.27. The summed E-state index contributed by atoms with van der Waals surface area (Å²) in [4.78, 5) is 0. The van der Waals surface area contributed by atoms with Crippen LogP contribution in [0.3, 0.4) is 0 Å². The number of halogens is 2. The predicted molar refractivity (Wildman–Crippen MR) is 94.8 cm³/mol. The maximum absolute atomic E-state index is 4.04. The van der Waals surface area contributed by atoms with Crippen molar-refractivity contribution in [3.63, 3.8) is 0 Å². The Hall–Kier alpha value is 1.39. The Bertz CT molecular complexity index is 170. The van der Waals surface area contributed by atoms with Crippen molar-refractivity contribution in [2.24, 2.45) is 0 Å². The van der Waals surface area contributed by atoms with E-state index in [1.807, 2.05) is 0 Å². The van der Waals surface area contributed by atoms with Crippen molar-refractivity contribution in [2.45, 2.75) is 83.2 Å². The zero-order valence-corrected chi connectivity index (χ0v) is 17.3. The zero-order valence-electron chi connectivity index (χ0n) is 12.1. The zero-order chi connectivity index (χ0) is 13.4. The molecular weight excluding hydrogens is 372 g/mol. The first-order valence-corrected chi connectivity index (χ1v) is 17.1. The van der Waals surface area contributed by atoms with Crippen LogP contribution < -0.4 is 0 Å². The summed E-state index contributed by atoms with van der Waals surface area (Å²) in [7, 11) is 0. The lowest BCUT2D eigenvalue weighted by molar-refractivity contribution is 0.754. The largest absolute Gasteiger partial charge is 0.129 e. The summed E-state index contributed by atoms with van der Waals surface area (Å²) >= 11 is 8.08. The van der Waals surface area contributed by atoms with Gasteiger partial charge in [-0.15, -0.1) is 30.6 Å². The number of hydrogen-bond acceptors (Lipinski definition) is 0. The standard InChI is InChI=1S/C13H30Br2Si2/c1-5-16(14,6-2)12-10-9-11-13-17(15,7-3)8-4/h5-13H2,1-4H3. The third-order valence-corrected chi connectivity index (χ3v) is 21.0. The molecule has 0 aromatic carbocycles. The molecular formula is C13H30Br2Si2. The molecule has 0 fully saturated rings. The molecule has 0 N–H and O–H groups in total. The van der Waals surface area contributed by atoms with Crippen LogP contribution >= 0.6 is 30.6 Å². The summed E-state index contributed by atoms with van der Waals surface area (Å²) in [6.07, 6.45) is 4.34. The number of rotatable bonds is 10. The lowest BCUT2D eigenvalue weighted by Crippen LogP contribution is -2.24. The van der Waals surface area contributed by atoms with Crippen LogP contribution in [0.25, 0.3) is 0 Å². The van der Waals surface area contributed by atoms with Crippen LogP contribution in [0, 0.1) is 0 Å². The molecule has 17 heavy (non-hydrogen) atoms. The van der Waals surface area contributed by atoms with Gasteiger partial charge in [-0.1, -0.05) is 71.1 Å². The third kappa shape index (κ3) is 7.53. The molecule has 0 aliphatic heterocycles. The first-order valence-electron chi connectivity index (χ1n) is 7.33. The summed E-state index contributed by atoms with van der Waals surface area (Å²) in [6, 6.07) is 8.54. The Balaban J connectivity index is 3.72. The molecule has 0 radical (unpaired) electrons. The fraction of sp³-hybridized carbons (Fsp3) is 1.00. The molecule has 0 atom stereocenters. The molecule has 0 aromatic heterocycles. The topological polar surface area (TPSA) is 0 Å². The Morgan fingerprint density at radius 2 is 0.882 bits per heavy atom. The Labute approximate surface area is 127 Å². The van der Waals surface area contributed by atoms with E-state index in [-0.39, 0.29) is 0 Å². The lowest BCUT2D eigenvalue weighted by Gasteiger charge is -2.23. The maximum Gasteiger partial charge on any atom is 0.129 e. The van der Waals surface area contributed by atoms with Crippen molar-refractivity contribution in [1.29, 1.82) is 0 Å². The van der Waals surface area contributed by atoms with Crippen molar-refractivity contribution >= 4 is 44.0 Å². The Kier molecular flexibility index (Phi) is 10.1. The van der Waals surface area contributed by atoms with E-state index in [1.165, 1.54) is 55.5 Å². The van der Waals surface area contributed by atoms with E-state index in [2.05, 4.69) is 58.3 Å². The molecule has 4 heteroatoms. The van der Waals surface area contributed by atoms with E-state index in [4.69, 9.17) is 0 Å². The molecule has 0 aliphatic carbocycles. The molecule has 104 valence electrons. The van der Waals surface area contributed by atoms with E-state index in [0.717, 1.165) is 0 Å². The highest BCUT2D eigenvalue weighted by molar-refractivity contribution is 9.26. The molecule has 0 unspecified atom stereocenters. The molecule has 0 saturated heterocycles. The van der Waals surface area contributed by atoms with Gasteiger partial charge in [-0.25, -0.2) is 0 Å². The van der Waals surface area contributed by atoms with Crippen LogP contribution in [0.5, 0.6) is 0 Å². The highest BCUT2D eigenvalue weighted by Crippen LogP contribution is 2.32. The molecule has 0 rings (SSSR count). The van der Waals surface area contributed by atoms with E-state index < -0.39 is 13.4 Å². The quantitative estimate of drug-likeness (QED) is 0.211. The SMILES string of the molecule is CC[Si](Br)(CC)CCCCC[Si](Br)(CC)CC. The number of unbranched alkanes of at least 4 members (excludes halogenated alkanes) is 2. The maximum atomic E-state index is 4.04. The molecule has 0 bridgehead atoms. The minimum Gasteiger partial charge on any atom is -0.126 e. The predicted octanol–water partition coefficient (Wildman–Crippen LogP) is 6.92. The van der Waals surface area contributed by atoms with Crippen molar-refractivity contribution in [2.75, 3.05) is 0 Å². The molecule has 0 amide bonds. The molecule has 0 aromatic rings. The van der Waals surface area contributed by atoms with E-state index >= 15 is 0 Å². The second-order valence-electron chi connectivity index (χ2n) is 5.28. The van der Waals surface area contributed by atoms with Crippen LogP contribution in [0.15, 0.2) is 0 Å². The minimum absolute atomic E-state index is 0.998. The normalized spacial score (nSPS) is 13.1. The van der Waals surface area contributed by atoms with E-state index in [0.29, 0.717) is 0 Å². The van der Waals surface area contributed by atoms with Gasteiger partial charge in [0, 0.05) is 0 Å². The smallest absolute Gasteiger partial charge is 0.126 e. The van der Waals surface area contributed by atoms with Crippen LogP contribution in [0.1, 0.15) is 47.0 Å². The molecule has 0 saturated carbocycles. The monoisotopic (exact) mass is 400 g/mol. The Morgan fingerprint density at radius 1 is 0.588 bits per heavy atom. The highest BCUT2D eigenvalue weighted by Gasteiger charge is 2.26. The van der Waals surface area contributed by atoms with E-state index in [9.17, 15) is 0 Å². The first kappa shape index (κ1) is 18.4. The Morgan fingerprint density at radius 3 is 1.12 bits per heavy atom. The van der Waals surface area contributed by atoms with Gasteiger partial charge in [0.2, 0.25) is 0 Å². The minimum atomic E-state index is -0.998. The molecule has 0 nitrogen and oxygen atoms in total. The van der Waals surface area contributed by atoms with Gasteiger partial charge < -0.3 is 0 Å². The van der Waals surface area contributed by atoms with Crippen LogP contribution in [-0.2, 0) is 0 Å². The summed E-state index contributed by atoms with van der Waals surface area (Å²) in [5, 5.41) is 0. The van der Waals surface area contributed by atoms with Gasteiger partial charge >= 0.3 is 0 Å². The van der Waals surface area contributed by atoms with Gasteiger partial charge in [-0.3, -0.25) is 0 Å². The summed E-state index contributed by atoms with van der Waals surface area (Å²) in [5.41, 5.74) is 0. The van der Waals surface area contributed by atoms with Gasteiger partial charge in [0.15, 0.2) is 0 Å². The first-order chi connectivity index (χ1) is 7.95. The average molecular weight is 402 g/mol. The molecule has 0 aliphatic rings. The highest BCUT2D eigenvalue weighted by atomic mass is 79.9. The van der Waals surface area contributed by atoms with Gasteiger partial charge in [0.25, 0.3) is 0 Å². The molecule has 0 heterocycles.